The summed E-state index contributed by atoms with van der Waals surface area (Å²) in [7, 11) is 0. The van der Waals surface area contributed by atoms with Gasteiger partial charge in [-0.1, -0.05) is 6.07 Å². The fraction of sp³-hybridized carbons (Fsp3) is 0.143. The Balaban J connectivity index is 1.99. The molecule has 22 heavy (non-hydrogen) atoms. The lowest BCUT2D eigenvalue weighted by Crippen LogP contribution is -2.23. The van der Waals surface area contributed by atoms with Crippen molar-refractivity contribution in [3.8, 4) is 5.75 Å². The molecule has 0 saturated carbocycles. The van der Waals surface area contributed by atoms with Crippen LogP contribution in [0.15, 0.2) is 42.7 Å². The first kappa shape index (κ1) is 15.7. The van der Waals surface area contributed by atoms with Gasteiger partial charge >= 0.3 is 6.36 Å². The summed E-state index contributed by atoms with van der Waals surface area (Å²) >= 11 is 0. The van der Waals surface area contributed by atoms with Crippen LogP contribution in [0.4, 0.5) is 17.6 Å². The van der Waals surface area contributed by atoms with E-state index in [4.69, 9.17) is 0 Å². The third-order valence-corrected chi connectivity index (χ3v) is 2.62. The van der Waals surface area contributed by atoms with Crippen LogP contribution in [-0.4, -0.2) is 17.3 Å². The first-order chi connectivity index (χ1) is 10.3. The molecule has 8 heteroatoms. The fourth-order valence-corrected chi connectivity index (χ4v) is 1.65. The maximum Gasteiger partial charge on any atom is 0.573 e. The zero-order valence-corrected chi connectivity index (χ0v) is 11.0. The highest BCUT2D eigenvalue weighted by Crippen LogP contribution is 2.26. The van der Waals surface area contributed by atoms with Crippen LogP contribution in [-0.2, 0) is 6.54 Å². The Morgan fingerprint density at radius 2 is 1.86 bits per heavy atom. The molecule has 1 aromatic carbocycles. The van der Waals surface area contributed by atoms with Gasteiger partial charge in [-0.2, -0.15) is 0 Å². The van der Waals surface area contributed by atoms with Crippen molar-refractivity contribution in [1.82, 2.24) is 10.3 Å². The standard InChI is InChI=1S/C14H10F4N2O2/c15-11-7-9(1-2-12(11)22-14(16,17)18)8-20-13(21)10-3-5-19-6-4-10/h1-7H,8H2,(H,20,21). The second-order valence-corrected chi connectivity index (χ2v) is 4.23. The van der Waals surface area contributed by atoms with Crippen LogP contribution in [0, 0.1) is 5.82 Å². The van der Waals surface area contributed by atoms with Crippen LogP contribution in [0.3, 0.4) is 0 Å². The van der Waals surface area contributed by atoms with Crippen molar-refractivity contribution in [2.24, 2.45) is 0 Å². The molecule has 0 spiro atoms. The SMILES string of the molecule is O=C(NCc1ccc(OC(F)(F)F)c(F)c1)c1ccncc1. The molecule has 2 rings (SSSR count). The van der Waals surface area contributed by atoms with Gasteiger partial charge in [0.25, 0.3) is 5.91 Å². The van der Waals surface area contributed by atoms with Crippen molar-refractivity contribution in [3.05, 3.63) is 59.7 Å². The summed E-state index contributed by atoms with van der Waals surface area (Å²) < 4.78 is 53.0. The number of aromatic nitrogens is 1. The zero-order valence-electron chi connectivity index (χ0n) is 11.0. The molecule has 2 aromatic rings. The molecule has 1 N–H and O–H groups in total. The summed E-state index contributed by atoms with van der Waals surface area (Å²) in [5.74, 6) is -2.48. The average Bonchev–Trinajstić information content (AvgIpc) is 2.47. The van der Waals surface area contributed by atoms with E-state index in [1.807, 2.05) is 0 Å². The lowest BCUT2D eigenvalue weighted by Gasteiger charge is -2.11. The number of rotatable bonds is 4. The minimum Gasteiger partial charge on any atom is -0.403 e. The van der Waals surface area contributed by atoms with E-state index in [1.165, 1.54) is 30.6 Å². The van der Waals surface area contributed by atoms with Crippen LogP contribution in [0.5, 0.6) is 5.75 Å². The first-order valence-corrected chi connectivity index (χ1v) is 6.07. The molecular weight excluding hydrogens is 304 g/mol. The predicted octanol–water partition coefficient (Wildman–Crippen LogP) is 3.05. The number of ether oxygens (including phenoxy) is 1. The molecule has 1 amide bonds. The smallest absolute Gasteiger partial charge is 0.403 e. The Bertz CT molecular complexity index is 660. The number of hydrogen-bond acceptors (Lipinski definition) is 3. The number of hydrogen-bond donors (Lipinski definition) is 1. The lowest BCUT2D eigenvalue weighted by atomic mass is 10.2. The quantitative estimate of drug-likeness (QED) is 0.883. The van der Waals surface area contributed by atoms with Gasteiger partial charge in [-0.3, -0.25) is 9.78 Å². The summed E-state index contributed by atoms with van der Waals surface area (Å²) in [6.07, 6.45) is -2.08. The van der Waals surface area contributed by atoms with Gasteiger partial charge in [-0.05, 0) is 29.8 Å². The second-order valence-electron chi connectivity index (χ2n) is 4.23. The van der Waals surface area contributed by atoms with E-state index in [0.717, 1.165) is 12.1 Å². The van der Waals surface area contributed by atoms with E-state index >= 15 is 0 Å². The Kier molecular flexibility index (Phi) is 4.59. The molecule has 0 aliphatic heterocycles. The molecule has 0 aliphatic carbocycles. The van der Waals surface area contributed by atoms with Gasteiger partial charge in [-0.25, -0.2) is 4.39 Å². The maximum absolute atomic E-state index is 13.5. The Morgan fingerprint density at radius 1 is 1.18 bits per heavy atom. The molecule has 1 aromatic heterocycles. The number of nitrogens with zero attached hydrogens (tertiary/aromatic N) is 1. The van der Waals surface area contributed by atoms with Crippen molar-refractivity contribution >= 4 is 5.91 Å². The lowest BCUT2D eigenvalue weighted by molar-refractivity contribution is -0.275. The third-order valence-electron chi connectivity index (χ3n) is 2.62. The monoisotopic (exact) mass is 314 g/mol. The van der Waals surface area contributed by atoms with Crippen LogP contribution < -0.4 is 10.1 Å². The van der Waals surface area contributed by atoms with Crippen molar-refractivity contribution in [2.75, 3.05) is 0 Å². The number of benzene rings is 1. The highest BCUT2D eigenvalue weighted by molar-refractivity contribution is 5.93. The zero-order chi connectivity index (χ0) is 16.2. The molecule has 0 radical (unpaired) electrons. The van der Waals surface area contributed by atoms with E-state index < -0.39 is 23.8 Å². The molecule has 0 saturated heterocycles. The van der Waals surface area contributed by atoms with Crippen LogP contribution in [0.1, 0.15) is 15.9 Å². The molecule has 4 nitrogen and oxygen atoms in total. The largest absolute Gasteiger partial charge is 0.573 e. The highest BCUT2D eigenvalue weighted by atomic mass is 19.4. The van der Waals surface area contributed by atoms with Gasteiger partial charge in [0.15, 0.2) is 11.6 Å². The second kappa shape index (κ2) is 6.42. The van der Waals surface area contributed by atoms with Crippen LogP contribution in [0.2, 0.25) is 0 Å². The third kappa shape index (κ3) is 4.44. The predicted molar refractivity (Wildman–Crippen MR) is 68.5 cm³/mol. The highest BCUT2D eigenvalue weighted by Gasteiger charge is 2.32. The van der Waals surface area contributed by atoms with E-state index in [9.17, 15) is 22.4 Å². The number of amides is 1. The molecule has 116 valence electrons. The molecule has 0 unspecified atom stereocenters. The van der Waals surface area contributed by atoms with Crippen molar-refractivity contribution in [1.29, 1.82) is 0 Å². The van der Waals surface area contributed by atoms with Crippen LogP contribution in [0.25, 0.3) is 0 Å². The Labute approximate surface area is 122 Å². The molecule has 0 bridgehead atoms. The van der Waals surface area contributed by atoms with E-state index in [0.29, 0.717) is 11.1 Å². The summed E-state index contributed by atoms with van der Waals surface area (Å²) in [4.78, 5) is 15.5. The molecule has 0 fully saturated rings. The minimum absolute atomic E-state index is 0.0373. The average molecular weight is 314 g/mol. The van der Waals surface area contributed by atoms with Crippen molar-refractivity contribution < 1.29 is 27.1 Å². The van der Waals surface area contributed by atoms with E-state index in [-0.39, 0.29) is 6.54 Å². The van der Waals surface area contributed by atoms with Gasteiger partial charge in [0.2, 0.25) is 0 Å². The fourth-order valence-electron chi connectivity index (χ4n) is 1.65. The number of halogens is 4. The number of carbonyl (C=O) groups is 1. The Morgan fingerprint density at radius 3 is 2.45 bits per heavy atom. The number of alkyl halides is 3. The number of pyridine rings is 1. The molecule has 0 aliphatic rings. The normalized spacial score (nSPS) is 11.1. The topological polar surface area (TPSA) is 51.2 Å². The summed E-state index contributed by atoms with van der Waals surface area (Å²) in [5.41, 5.74) is 0.668. The molecular formula is C14H10F4N2O2. The van der Waals surface area contributed by atoms with Gasteiger partial charge in [0.1, 0.15) is 0 Å². The first-order valence-electron chi connectivity index (χ1n) is 6.07. The van der Waals surface area contributed by atoms with E-state index in [1.54, 1.807) is 0 Å². The van der Waals surface area contributed by atoms with Gasteiger partial charge in [0, 0.05) is 24.5 Å². The van der Waals surface area contributed by atoms with Crippen LogP contribution >= 0.6 is 0 Å². The van der Waals surface area contributed by atoms with E-state index in [2.05, 4.69) is 15.0 Å². The van der Waals surface area contributed by atoms with Gasteiger partial charge in [-0.15, -0.1) is 13.2 Å². The summed E-state index contributed by atoms with van der Waals surface area (Å²) in [6.45, 7) is -0.0373. The number of nitrogens with one attached hydrogen (secondary N) is 1. The molecule has 1 heterocycles. The van der Waals surface area contributed by atoms with Crippen molar-refractivity contribution in [3.63, 3.8) is 0 Å². The van der Waals surface area contributed by atoms with Crippen molar-refractivity contribution in [2.45, 2.75) is 12.9 Å². The van der Waals surface area contributed by atoms with Gasteiger partial charge < -0.3 is 10.1 Å². The minimum atomic E-state index is -4.96. The summed E-state index contributed by atoms with van der Waals surface area (Å²) in [5, 5.41) is 2.51. The number of carbonyl (C=O) groups excluding carboxylic acids is 1. The van der Waals surface area contributed by atoms with Gasteiger partial charge in [0.05, 0.1) is 0 Å². The summed E-state index contributed by atoms with van der Waals surface area (Å²) in [6, 6.07) is 5.95. The Hall–Kier alpha value is -2.64. The maximum atomic E-state index is 13.5. The molecule has 0 atom stereocenters.